The van der Waals surface area contributed by atoms with Crippen molar-refractivity contribution in [1.82, 2.24) is 0 Å². The zero-order valence-electron chi connectivity index (χ0n) is 14.6. The highest BCUT2D eigenvalue weighted by atomic mass is 14.6. The predicted octanol–water partition coefficient (Wildman–Crippen LogP) is 5.35. The van der Waals surface area contributed by atoms with Crippen LogP contribution in [0.2, 0.25) is 0 Å². The maximum Gasteiger partial charge on any atom is -0.00910 e. The van der Waals surface area contributed by atoms with E-state index in [9.17, 15) is 0 Å². The van der Waals surface area contributed by atoms with E-state index in [0.29, 0.717) is 0 Å². The Morgan fingerprint density at radius 1 is 0.857 bits per heavy atom. The maximum absolute atomic E-state index is 2.53. The minimum Gasteiger partial charge on any atom is -0.0620 e. The minimum atomic E-state index is 0.904. The molecule has 21 heavy (non-hydrogen) atoms. The number of fused-ring (bicyclic) bond motifs is 7. The monoisotopic (exact) mass is 282 g/mol. The van der Waals surface area contributed by atoms with Gasteiger partial charge in [-0.1, -0.05) is 20.8 Å². The molecule has 0 radical (unpaired) electrons. The van der Waals surface area contributed by atoms with E-state index in [1.165, 1.54) is 19.3 Å². The molecule has 3 aliphatic carbocycles. The van der Waals surface area contributed by atoms with E-state index >= 15 is 0 Å². The molecule has 114 valence electrons. The minimum absolute atomic E-state index is 0.904. The molecule has 6 unspecified atom stereocenters. The van der Waals surface area contributed by atoms with Crippen LogP contribution >= 0.6 is 0 Å². The van der Waals surface area contributed by atoms with Gasteiger partial charge in [0.15, 0.2) is 0 Å². The Hall–Kier alpha value is -0.780. The summed E-state index contributed by atoms with van der Waals surface area (Å²) < 4.78 is 0. The van der Waals surface area contributed by atoms with Crippen molar-refractivity contribution in [2.24, 2.45) is 29.6 Å². The quantitative estimate of drug-likeness (QED) is 0.651. The average Bonchev–Trinajstić information content (AvgIpc) is 3.08. The fourth-order valence-corrected chi connectivity index (χ4v) is 6.66. The van der Waals surface area contributed by atoms with Gasteiger partial charge >= 0.3 is 0 Å². The highest BCUT2D eigenvalue weighted by Gasteiger charge is 2.58. The lowest BCUT2D eigenvalue weighted by Gasteiger charge is -2.35. The van der Waals surface area contributed by atoms with Crippen molar-refractivity contribution in [2.75, 3.05) is 0 Å². The molecule has 0 nitrogen and oxygen atoms in total. The molecule has 0 aliphatic heterocycles. The van der Waals surface area contributed by atoms with Crippen molar-refractivity contribution >= 4 is 0 Å². The molecule has 2 fully saturated rings. The lowest BCUT2D eigenvalue weighted by molar-refractivity contribution is 0.172. The summed E-state index contributed by atoms with van der Waals surface area (Å²) in [6, 6.07) is 0. The highest BCUT2D eigenvalue weighted by molar-refractivity contribution is 5.56. The Labute approximate surface area is 130 Å². The van der Waals surface area contributed by atoms with Crippen LogP contribution in [-0.2, 0) is 12.8 Å². The topological polar surface area (TPSA) is 0 Å². The van der Waals surface area contributed by atoms with Crippen LogP contribution in [0, 0.1) is 50.4 Å². The summed E-state index contributed by atoms with van der Waals surface area (Å²) in [5.74, 6) is 5.75. The average molecular weight is 282 g/mol. The highest BCUT2D eigenvalue weighted by Crippen LogP contribution is 2.66. The van der Waals surface area contributed by atoms with E-state index in [0.717, 1.165) is 35.5 Å². The third-order valence-electron chi connectivity index (χ3n) is 7.97. The second-order valence-corrected chi connectivity index (χ2v) is 8.27. The number of hydrogen-bond donors (Lipinski definition) is 0. The van der Waals surface area contributed by atoms with Crippen molar-refractivity contribution in [1.29, 1.82) is 0 Å². The molecule has 1 aromatic carbocycles. The van der Waals surface area contributed by atoms with E-state index in [4.69, 9.17) is 0 Å². The normalized spacial score (nSPS) is 39.7. The molecule has 3 aliphatic rings. The van der Waals surface area contributed by atoms with Crippen LogP contribution in [0.3, 0.4) is 0 Å². The van der Waals surface area contributed by atoms with Gasteiger partial charge in [-0.05, 0) is 109 Å². The fourth-order valence-electron chi connectivity index (χ4n) is 6.66. The standard InChI is InChI=1S/C21H30/c1-7-15-10(2)12(4)17-9-19-16-8-18(13(5)11(16)3)21(19)20(17)14(15)6/h11,13,16,18-19,21H,7-9H2,1-6H3. The van der Waals surface area contributed by atoms with Crippen molar-refractivity contribution in [3.8, 4) is 0 Å². The summed E-state index contributed by atoms with van der Waals surface area (Å²) in [6.07, 6.45) is 4.10. The van der Waals surface area contributed by atoms with E-state index in [1.54, 1.807) is 27.8 Å². The zero-order chi connectivity index (χ0) is 15.0. The fraction of sp³-hybridized carbons (Fsp3) is 0.714. The van der Waals surface area contributed by atoms with Crippen molar-refractivity contribution in [3.05, 3.63) is 33.4 Å². The largest absolute Gasteiger partial charge is 0.0620 e. The molecular formula is C21H30. The Balaban J connectivity index is 1.90. The van der Waals surface area contributed by atoms with Gasteiger partial charge in [-0.25, -0.2) is 0 Å². The third kappa shape index (κ3) is 1.52. The first-order chi connectivity index (χ1) is 9.97. The van der Waals surface area contributed by atoms with Crippen LogP contribution in [0.4, 0.5) is 0 Å². The van der Waals surface area contributed by atoms with Gasteiger partial charge in [0, 0.05) is 0 Å². The molecule has 4 rings (SSSR count). The van der Waals surface area contributed by atoms with Gasteiger partial charge in [0.1, 0.15) is 0 Å². The summed E-state index contributed by atoms with van der Waals surface area (Å²) in [4.78, 5) is 0. The van der Waals surface area contributed by atoms with Crippen LogP contribution in [-0.4, -0.2) is 0 Å². The predicted molar refractivity (Wildman–Crippen MR) is 89.9 cm³/mol. The number of benzene rings is 1. The van der Waals surface area contributed by atoms with Gasteiger partial charge in [0.2, 0.25) is 0 Å². The van der Waals surface area contributed by atoms with Crippen molar-refractivity contribution < 1.29 is 0 Å². The lowest BCUT2D eigenvalue weighted by atomic mass is 9.69. The summed E-state index contributed by atoms with van der Waals surface area (Å²) in [5, 5.41) is 0. The summed E-state index contributed by atoms with van der Waals surface area (Å²) in [5.41, 5.74) is 10.1. The maximum atomic E-state index is 2.53. The lowest BCUT2D eigenvalue weighted by Crippen LogP contribution is -2.29. The van der Waals surface area contributed by atoms with E-state index in [1.807, 2.05) is 5.56 Å². The van der Waals surface area contributed by atoms with Crippen LogP contribution in [0.15, 0.2) is 0 Å². The first kappa shape index (κ1) is 13.9. The van der Waals surface area contributed by atoms with Crippen LogP contribution < -0.4 is 0 Å². The van der Waals surface area contributed by atoms with Gasteiger partial charge in [0.05, 0.1) is 0 Å². The van der Waals surface area contributed by atoms with Crippen LogP contribution in [0.5, 0.6) is 0 Å². The van der Waals surface area contributed by atoms with Crippen LogP contribution in [0.1, 0.15) is 66.5 Å². The van der Waals surface area contributed by atoms with Crippen molar-refractivity contribution in [2.45, 2.75) is 66.7 Å². The molecular weight excluding hydrogens is 252 g/mol. The first-order valence-electron chi connectivity index (χ1n) is 9.08. The first-order valence-corrected chi connectivity index (χ1v) is 9.08. The number of hydrogen-bond acceptors (Lipinski definition) is 0. The second kappa shape index (κ2) is 4.37. The smallest absolute Gasteiger partial charge is 0.00910 e. The van der Waals surface area contributed by atoms with Crippen molar-refractivity contribution in [3.63, 3.8) is 0 Å². The van der Waals surface area contributed by atoms with Gasteiger partial charge in [-0.15, -0.1) is 0 Å². The second-order valence-electron chi connectivity index (χ2n) is 8.27. The number of rotatable bonds is 1. The Bertz CT molecular complexity index is 609. The van der Waals surface area contributed by atoms with E-state index in [-0.39, 0.29) is 0 Å². The third-order valence-corrected chi connectivity index (χ3v) is 7.97. The Morgan fingerprint density at radius 2 is 1.52 bits per heavy atom. The van der Waals surface area contributed by atoms with E-state index < -0.39 is 0 Å². The Morgan fingerprint density at radius 3 is 2.19 bits per heavy atom. The molecule has 0 amide bonds. The molecule has 6 atom stereocenters. The van der Waals surface area contributed by atoms with Gasteiger partial charge in [0.25, 0.3) is 0 Å². The SMILES string of the molecule is CCc1c(C)c(C)c2c(c1C)C1C3CC(C(C)C3C)C1C2. The summed E-state index contributed by atoms with van der Waals surface area (Å²) in [6.45, 7) is 14.6. The van der Waals surface area contributed by atoms with Crippen LogP contribution in [0.25, 0.3) is 0 Å². The van der Waals surface area contributed by atoms with Gasteiger partial charge in [-0.2, -0.15) is 0 Å². The summed E-state index contributed by atoms with van der Waals surface area (Å²) in [7, 11) is 0. The molecule has 0 heteroatoms. The van der Waals surface area contributed by atoms with Gasteiger partial charge < -0.3 is 0 Å². The molecule has 0 spiro atoms. The zero-order valence-corrected chi connectivity index (χ0v) is 14.6. The Kier molecular flexibility index (Phi) is 2.88. The molecule has 1 aromatic rings. The summed E-state index contributed by atoms with van der Waals surface area (Å²) >= 11 is 0. The molecule has 0 saturated heterocycles. The molecule has 2 saturated carbocycles. The molecule has 2 bridgehead atoms. The molecule has 0 heterocycles. The van der Waals surface area contributed by atoms with Gasteiger partial charge in [-0.3, -0.25) is 0 Å². The molecule has 0 aromatic heterocycles. The molecule has 0 N–H and O–H groups in total. The van der Waals surface area contributed by atoms with E-state index in [2.05, 4.69) is 41.5 Å².